The number of ether oxygens (including phenoxy) is 5. The van der Waals surface area contributed by atoms with Crippen molar-refractivity contribution in [3.05, 3.63) is 144 Å². The van der Waals surface area contributed by atoms with Crippen molar-refractivity contribution in [2.24, 2.45) is 0 Å². The van der Waals surface area contributed by atoms with Crippen molar-refractivity contribution in [1.82, 2.24) is 13.7 Å². The van der Waals surface area contributed by atoms with Crippen LogP contribution < -0.4 is 28.3 Å². The summed E-state index contributed by atoms with van der Waals surface area (Å²) in [4.78, 5) is 38.9. The van der Waals surface area contributed by atoms with Gasteiger partial charge in [-0.05, 0) is 111 Å². The third-order valence-electron chi connectivity index (χ3n) is 15.2. The van der Waals surface area contributed by atoms with E-state index in [-0.39, 0.29) is 17.9 Å². The van der Waals surface area contributed by atoms with Crippen LogP contribution in [0.1, 0.15) is 55.1 Å². The Bertz CT molecular complexity index is 4150. The molecule has 3 saturated heterocycles. The zero-order valence-electron chi connectivity index (χ0n) is 47.0. The van der Waals surface area contributed by atoms with Gasteiger partial charge in [-0.3, -0.25) is 18.9 Å². The van der Waals surface area contributed by atoms with Crippen LogP contribution in [0.2, 0.25) is 0 Å². The predicted molar refractivity (Wildman–Crippen MR) is 321 cm³/mol. The Morgan fingerprint density at radius 2 is 1.04 bits per heavy atom. The van der Waals surface area contributed by atoms with Crippen molar-refractivity contribution in [3.63, 3.8) is 0 Å². The van der Waals surface area contributed by atoms with E-state index in [1.165, 1.54) is 4.31 Å². The standard InChI is InChI=1S/C22H24N2O4S.2C21H19N3O3/c1-3-11-23-21-14-18(28-2)9-10-19(21)20(15-25)22(23)16-5-7-17(8-6-16)24-12-4-13-29(24,26)27;1-3-23-19-12-16(26-2)8-9-17(19)18(13-22)20(23)14-4-6-15(7-5-14)24-10-11-27-21(24)25;1-3-23-19-12-16(26-2)7-8-17(19)18(13-22)20(23)14-5-4-6-15(11-14)24-9-10-27-21(24)25/h5-10,14-15H,3-4,11-13H2,1-2H3;4-9,12H,3,10-11H2,1-2H3;4-8,11-12H,3,9-10H2,1-2H3. The molecular weight excluding hydrogens is 1070 g/mol. The van der Waals surface area contributed by atoms with Gasteiger partial charge in [-0.1, -0.05) is 43.3 Å². The van der Waals surface area contributed by atoms with E-state index in [1.807, 2.05) is 134 Å². The highest BCUT2D eigenvalue weighted by Crippen LogP contribution is 2.40. The minimum atomic E-state index is -3.22. The number of amides is 2. The fourth-order valence-corrected chi connectivity index (χ4v) is 12.9. The van der Waals surface area contributed by atoms with E-state index in [9.17, 15) is 33.3 Å². The Balaban J connectivity index is 0.000000139. The summed E-state index contributed by atoms with van der Waals surface area (Å²) >= 11 is 0. The number of nitrogens with zero attached hydrogens (tertiary/aromatic N) is 8. The van der Waals surface area contributed by atoms with Gasteiger partial charge in [0, 0.05) is 83.0 Å². The number of aldehydes is 1. The zero-order valence-corrected chi connectivity index (χ0v) is 47.9. The molecule has 3 aliphatic heterocycles. The van der Waals surface area contributed by atoms with Gasteiger partial charge in [0.15, 0.2) is 6.29 Å². The molecule has 0 spiro atoms. The highest BCUT2D eigenvalue weighted by molar-refractivity contribution is 7.93. The van der Waals surface area contributed by atoms with Gasteiger partial charge in [0.2, 0.25) is 10.0 Å². The van der Waals surface area contributed by atoms with E-state index in [0.29, 0.717) is 68.2 Å². The van der Waals surface area contributed by atoms with Crippen molar-refractivity contribution >= 4 is 78.3 Å². The van der Waals surface area contributed by atoms with Crippen molar-refractivity contribution in [2.45, 2.75) is 53.2 Å². The molecule has 6 aromatic carbocycles. The fraction of sp³-hybridized carbons (Fsp3) is 0.266. The average Bonchev–Trinajstić information content (AvgIpc) is 2.62. The molecule has 0 radical (unpaired) electrons. The molecule has 0 unspecified atom stereocenters. The van der Waals surface area contributed by atoms with E-state index in [0.717, 1.165) is 121 Å². The van der Waals surface area contributed by atoms with E-state index in [2.05, 4.69) is 39.7 Å². The molecule has 6 heterocycles. The van der Waals surface area contributed by atoms with Gasteiger partial charge < -0.3 is 37.4 Å². The topological polar surface area (TPSA) is 204 Å². The van der Waals surface area contributed by atoms with E-state index < -0.39 is 10.0 Å². The molecule has 3 fully saturated rings. The number of carbonyl (C=O) groups excluding carboxylic acids is 3. The Kier molecular flexibility index (Phi) is 16.5. The van der Waals surface area contributed by atoms with Crippen LogP contribution in [0.25, 0.3) is 66.5 Å². The number of fused-ring (bicyclic) bond motifs is 3. The molecule has 3 aromatic heterocycles. The SMILES string of the molecule is CCCn1c(-c2ccc(N3CCCS3(=O)=O)cc2)c(C=O)c2ccc(OC)cc21.CCn1c(-c2ccc(N3CCOC3=O)cc2)c(C#N)c2ccc(OC)cc21.CCn1c(-c2cccc(N3CCOC3=O)c2)c(C#N)c2ccc(OC)cc21. The van der Waals surface area contributed by atoms with E-state index in [1.54, 1.807) is 31.1 Å². The minimum absolute atomic E-state index is 0.191. The van der Waals surface area contributed by atoms with Gasteiger partial charge in [0.1, 0.15) is 42.6 Å². The van der Waals surface area contributed by atoms with Crippen LogP contribution in [0.15, 0.2) is 127 Å². The normalized spacial score (nSPS) is 14.4. The van der Waals surface area contributed by atoms with Crippen LogP contribution in [0.3, 0.4) is 0 Å². The zero-order chi connectivity index (χ0) is 58.5. The first-order valence-corrected chi connectivity index (χ1v) is 29.0. The van der Waals surface area contributed by atoms with Crippen molar-refractivity contribution < 1.29 is 46.5 Å². The highest BCUT2D eigenvalue weighted by atomic mass is 32.2. The lowest BCUT2D eigenvalue weighted by atomic mass is 10.0. The van der Waals surface area contributed by atoms with Crippen LogP contribution in [0.4, 0.5) is 26.7 Å². The van der Waals surface area contributed by atoms with Crippen LogP contribution in [0.5, 0.6) is 17.2 Å². The number of cyclic esters (lactones) is 2. The molecule has 19 heteroatoms. The number of benzene rings is 6. The van der Waals surface area contributed by atoms with Crippen LogP contribution in [0, 0.1) is 22.7 Å². The molecule has 0 N–H and O–H groups in total. The third kappa shape index (κ3) is 10.6. The molecule has 0 saturated carbocycles. The largest absolute Gasteiger partial charge is 0.497 e. The van der Waals surface area contributed by atoms with Gasteiger partial charge in [-0.2, -0.15) is 10.5 Å². The maximum Gasteiger partial charge on any atom is 0.414 e. The number of aromatic nitrogens is 3. The summed E-state index contributed by atoms with van der Waals surface area (Å²) in [6.45, 7) is 10.8. The number of sulfonamides is 1. The molecular formula is C64H62N8O10S. The molecule has 0 aliphatic carbocycles. The summed E-state index contributed by atoms with van der Waals surface area (Å²) in [7, 11) is 1.67. The quantitative estimate of drug-likeness (QED) is 0.0933. The Morgan fingerprint density at radius 3 is 1.48 bits per heavy atom. The molecule has 12 rings (SSSR count). The second-order valence-electron chi connectivity index (χ2n) is 19.8. The summed E-state index contributed by atoms with van der Waals surface area (Å²) < 4.78 is 58.3. The maximum atomic E-state index is 12.2. The summed E-state index contributed by atoms with van der Waals surface area (Å²) in [5.41, 5.74) is 12.3. The molecule has 0 atom stereocenters. The minimum Gasteiger partial charge on any atom is -0.497 e. The summed E-state index contributed by atoms with van der Waals surface area (Å²) in [5.74, 6) is 2.44. The molecule has 424 valence electrons. The third-order valence-corrected chi connectivity index (χ3v) is 17.1. The molecule has 9 aromatic rings. The lowest BCUT2D eigenvalue weighted by Gasteiger charge is -2.17. The van der Waals surface area contributed by atoms with Crippen molar-refractivity contribution in [3.8, 4) is 63.2 Å². The molecule has 3 aliphatic rings. The number of methoxy groups -OCH3 is 3. The van der Waals surface area contributed by atoms with Crippen molar-refractivity contribution in [1.29, 1.82) is 10.5 Å². The highest BCUT2D eigenvalue weighted by Gasteiger charge is 2.30. The maximum absolute atomic E-state index is 12.2. The number of rotatable bonds is 14. The number of hydrogen-bond acceptors (Lipinski definition) is 12. The molecule has 18 nitrogen and oxygen atoms in total. The van der Waals surface area contributed by atoms with E-state index in [4.69, 9.17) is 23.7 Å². The summed E-state index contributed by atoms with van der Waals surface area (Å²) in [6.07, 6.45) is 1.79. The Morgan fingerprint density at radius 1 is 0.554 bits per heavy atom. The molecule has 0 bridgehead atoms. The number of hydrogen-bond donors (Lipinski definition) is 0. The smallest absolute Gasteiger partial charge is 0.414 e. The summed E-state index contributed by atoms with van der Waals surface area (Å²) in [5, 5.41) is 22.3. The average molecular weight is 1140 g/mol. The van der Waals surface area contributed by atoms with Crippen LogP contribution in [-0.4, -0.2) is 101 Å². The molecule has 83 heavy (non-hydrogen) atoms. The second-order valence-corrected chi connectivity index (χ2v) is 21.8. The van der Waals surface area contributed by atoms with Gasteiger partial charge in [0.05, 0.1) is 90.6 Å². The number of aryl methyl sites for hydroxylation is 3. The lowest BCUT2D eigenvalue weighted by molar-refractivity contribution is 0.112. The first-order chi connectivity index (χ1) is 40.3. The second kappa shape index (κ2) is 24.2. The van der Waals surface area contributed by atoms with Gasteiger partial charge in [-0.15, -0.1) is 0 Å². The molecule has 2 amide bonds. The van der Waals surface area contributed by atoms with Gasteiger partial charge in [0.25, 0.3) is 0 Å². The number of anilines is 3. The summed E-state index contributed by atoms with van der Waals surface area (Å²) in [6, 6.07) is 44.7. The first kappa shape index (κ1) is 56.6. The number of nitriles is 2. The van der Waals surface area contributed by atoms with Crippen LogP contribution in [-0.2, 0) is 39.1 Å². The predicted octanol–water partition coefficient (Wildman–Crippen LogP) is 12.4. The van der Waals surface area contributed by atoms with Gasteiger partial charge in [-0.25, -0.2) is 18.0 Å². The lowest BCUT2D eigenvalue weighted by Crippen LogP contribution is -2.24. The van der Waals surface area contributed by atoms with E-state index >= 15 is 0 Å². The number of carbonyl (C=O) groups is 3. The Labute approximate surface area is 481 Å². The Hall–Kier alpha value is -9.72. The first-order valence-electron chi connectivity index (χ1n) is 27.4. The fourth-order valence-electron chi connectivity index (χ4n) is 11.4. The van der Waals surface area contributed by atoms with Crippen molar-refractivity contribution in [2.75, 3.05) is 74.0 Å². The van der Waals surface area contributed by atoms with Gasteiger partial charge >= 0.3 is 12.2 Å². The van der Waals surface area contributed by atoms with Crippen LogP contribution >= 0.6 is 0 Å². The monoisotopic (exact) mass is 1130 g/mol.